The maximum Gasteiger partial charge on any atom is 0.321 e. The van der Waals surface area contributed by atoms with E-state index >= 15 is 0 Å². The molecule has 1 saturated heterocycles. The zero-order chi connectivity index (χ0) is 41.1. The number of allylic oxidation sites excluding steroid dienone is 3. The SMILES string of the molecule is C=Cc1c2[nH]c(c1C)/C=C1\N/C(=C3\c4[nH]c(c(C)c4C(=O)[C@@H]3C(=O)OC)/C=c3\[nH]/c(c(C=O)c3CC)=C\2)[C@@H](CCC(=O)OC/C=C(\C)CCC[C@H](C)CCC)[C@@H]1C. The van der Waals surface area contributed by atoms with Crippen molar-refractivity contribution in [3.63, 3.8) is 0 Å². The molecule has 3 aliphatic rings. The van der Waals surface area contributed by atoms with E-state index in [2.05, 4.69) is 54.5 Å². The Bertz CT molecular complexity index is 2320. The Kier molecular flexibility index (Phi) is 12.6. The summed E-state index contributed by atoms with van der Waals surface area (Å²) in [6.07, 6.45) is 17.5. The highest BCUT2D eigenvalue weighted by Gasteiger charge is 2.48. The van der Waals surface area contributed by atoms with E-state index < -0.39 is 11.9 Å². The van der Waals surface area contributed by atoms with Gasteiger partial charge in [0.15, 0.2) is 12.1 Å². The van der Waals surface area contributed by atoms with E-state index in [1.165, 1.54) is 31.9 Å². The zero-order valence-corrected chi connectivity index (χ0v) is 34.8. The number of nitrogens with one attached hydrogen (secondary N) is 4. The third-order valence-electron chi connectivity index (χ3n) is 12.3. The van der Waals surface area contributed by atoms with Gasteiger partial charge in [0.25, 0.3) is 0 Å². The van der Waals surface area contributed by atoms with Crippen LogP contribution in [0.5, 0.6) is 0 Å². The van der Waals surface area contributed by atoms with Crippen molar-refractivity contribution >= 4 is 53.9 Å². The van der Waals surface area contributed by atoms with Crippen LogP contribution < -0.4 is 16.0 Å². The number of methoxy groups -OCH3 is 1. The molecule has 10 heteroatoms. The van der Waals surface area contributed by atoms with Crippen LogP contribution >= 0.6 is 0 Å². The minimum absolute atomic E-state index is 0.130. The predicted octanol–water partition coefficient (Wildman–Crippen LogP) is 7.75. The van der Waals surface area contributed by atoms with E-state index in [9.17, 15) is 19.2 Å². The van der Waals surface area contributed by atoms with Gasteiger partial charge < -0.3 is 29.7 Å². The summed E-state index contributed by atoms with van der Waals surface area (Å²) < 4.78 is 11.0. The number of aromatic amines is 3. The number of hydrogen-bond acceptors (Lipinski definition) is 7. The first-order valence-corrected chi connectivity index (χ1v) is 20.5. The van der Waals surface area contributed by atoms with Gasteiger partial charge in [0.05, 0.1) is 18.2 Å². The lowest BCUT2D eigenvalue weighted by atomic mass is 9.85. The first-order chi connectivity index (χ1) is 27.4. The van der Waals surface area contributed by atoms with Gasteiger partial charge >= 0.3 is 11.9 Å². The van der Waals surface area contributed by atoms with E-state index in [1.54, 1.807) is 6.08 Å². The van der Waals surface area contributed by atoms with Crippen molar-refractivity contribution in [2.24, 2.45) is 23.7 Å². The number of hydrogen-bond donors (Lipinski definition) is 4. The van der Waals surface area contributed by atoms with E-state index in [4.69, 9.17) is 9.47 Å². The summed E-state index contributed by atoms with van der Waals surface area (Å²) in [7, 11) is 1.29. The zero-order valence-electron chi connectivity index (χ0n) is 34.8. The average molecular weight is 775 g/mol. The highest BCUT2D eigenvalue weighted by molar-refractivity contribution is 6.24. The van der Waals surface area contributed by atoms with Gasteiger partial charge in [0.1, 0.15) is 12.5 Å². The minimum atomic E-state index is -1.18. The van der Waals surface area contributed by atoms with Gasteiger partial charge in [-0.3, -0.25) is 19.2 Å². The van der Waals surface area contributed by atoms with Crippen LogP contribution in [-0.2, 0) is 25.5 Å². The average Bonchev–Trinajstić information content (AvgIpc) is 3.94. The molecule has 0 radical (unpaired) electrons. The number of aromatic nitrogens is 3. The standard InChI is InChI=1S/C47H58N4O6/c1-10-14-25(4)15-13-16-26(5)19-20-57-40(53)18-17-32-28(7)35-21-34-27(6)30(11-2)37(48-34)23-39-33(24-52)31(12-3)38(49-39)22-36-29(8)41-45(51-36)42(44(32)50-35)43(46(41)54)47(55)56-9/h11,19,21-25,28,32,43,48-51H,2,10,12-18,20H2,1,3-9H3/b26-19+,35-21-,38-22-,39-23-,44-42-/t25-,28+,32+,43-/m1/s1. The van der Waals surface area contributed by atoms with Crippen LogP contribution in [0.4, 0.5) is 0 Å². The second kappa shape index (κ2) is 17.4. The molecule has 1 fully saturated rings. The highest BCUT2D eigenvalue weighted by Crippen LogP contribution is 2.48. The van der Waals surface area contributed by atoms with Gasteiger partial charge in [-0.2, -0.15) is 0 Å². The maximum atomic E-state index is 14.3. The van der Waals surface area contributed by atoms with E-state index in [-0.39, 0.29) is 36.6 Å². The molecule has 0 unspecified atom stereocenters. The molecule has 2 aliphatic heterocycles. The van der Waals surface area contributed by atoms with Crippen molar-refractivity contribution in [3.8, 4) is 0 Å². The minimum Gasteiger partial charge on any atom is -0.468 e. The van der Waals surface area contributed by atoms with Crippen molar-refractivity contribution in [2.45, 2.75) is 99.8 Å². The summed E-state index contributed by atoms with van der Waals surface area (Å²) in [6, 6.07) is 0. The lowest BCUT2D eigenvalue weighted by Gasteiger charge is -2.19. The Morgan fingerprint density at radius 1 is 0.965 bits per heavy atom. The van der Waals surface area contributed by atoms with E-state index in [0.717, 1.165) is 64.2 Å². The smallest absolute Gasteiger partial charge is 0.321 e. The van der Waals surface area contributed by atoms with Gasteiger partial charge in [-0.05, 0) is 93.4 Å². The third-order valence-corrected chi connectivity index (χ3v) is 12.3. The summed E-state index contributed by atoms with van der Waals surface area (Å²) >= 11 is 0. The van der Waals surface area contributed by atoms with Gasteiger partial charge in [-0.1, -0.05) is 65.2 Å². The molecule has 0 amide bonds. The number of Topliss-reactive ketones (excluding diaryl/α,β-unsaturated/α-hetero) is 1. The number of carbonyl (C=O) groups excluding carboxylic acids is 4. The predicted molar refractivity (Wildman–Crippen MR) is 225 cm³/mol. The molecule has 8 bridgehead atoms. The van der Waals surface area contributed by atoms with Crippen LogP contribution in [0.2, 0.25) is 0 Å². The Morgan fingerprint density at radius 2 is 1.70 bits per heavy atom. The van der Waals surface area contributed by atoms with Crippen LogP contribution in [-0.4, -0.2) is 52.7 Å². The molecule has 3 aromatic rings. The van der Waals surface area contributed by atoms with Gasteiger partial charge in [0, 0.05) is 74.3 Å². The Hall–Kier alpha value is -5.38. The molecule has 0 saturated carbocycles. The number of esters is 2. The number of H-pyrrole nitrogens is 3. The summed E-state index contributed by atoms with van der Waals surface area (Å²) in [5, 5.41) is 5.06. The number of ketones is 1. The number of carbonyl (C=O) groups is 4. The third kappa shape index (κ3) is 7.96. The van der Waals surface area contributed by atoms with Crippen LogP contribution in [0.1, 0.15) is 145 Å². The number of ether oxygens (including phenoxy) is 2. The molecule has 5 heterocycles. The normalized spacial score (nSPS) is 22.5. The topological polar surface area (TPSA) is 146 Å². The van der Waals surface area contributed by atoms with Crippen molar-refractivity contribution in [2.75, 3.05) is 13.7 Å². The Balaban J connectivity index is 1.43. The first kappa shape index (κ1) is 41.3. The monoisotopic (exact) mass is 774 g/mol. The number of fused-ring (bicyclic) bond motifs is 7. The van der Waals surface area contributed by atoms with Crippen LogP contribution in [0.3, 0.4) is 0 Å². The van der Waals surface area contributed by atoms with E-state index in [0.29, 0.717) is 57.5 Å². The van der Waals surface area contributed by atoms with Crippen LogP contribution in [0, 0.1) is 37.5 Å². The highest BCUT2D eigenvalue weighted by atomic mass is 16.5. The first-order valence-electron chi connectivity index (χ1n) is 20.5. The summed E-state index contributed by atoms with van der Waals surface area (Å²) in [5.74, 6) is -2.14. The molecular formula is C47H58N4O6. The van der Waals surface area contributed by atoms with Crippen LogP contribution in [0.15, 0.2) is 29.6 Å². The van der Waals surface area contributed by atoms with Crippen molar-refractivity contribution in [1.29, 1.82) is 0 Å². The van der Waals surface area contributed by atoms with Crippen molar-refractivity contribution in [1.82, 2.24) is 20.3 Å². The number of aldehydes is 1. The maximum absolute atomic E-state index is 14.3. The molecule has 4 atom stereocenters. The fraction of sp³-hybridized carbons (Fsp3) is 0.447. The second-order valence-corrected chi connectivity index (χ2v) is 16.0. The van der Waals surface area contributed by atoms with Gasteiger partial charge in [-0.25, -0.2) is 0 Å². The number of rotatable bonds is 15. The molecule has 57 heavy (non-hydrogen) atoms. The quantitative estimate of drug-likeness (QED) is 0.0535. The van der Waals surface area contributed by atoms with Gasteiger partial charge in [0.2, 0.25) is 0 Å². The molecule has 0 aromatic carbocycles. The summed E-state index contributed by atoms with van der Waals surface area (Å²) in [6.45, 7) is 18.9. The summed E-state index contributed by atoms with van der Waals surface area (Å²) in [5.41, 5.74) is 10.6. The molecule has 10 nitrogen and oxygen atoms in total. The lowest BCUT2D eigenvalue weighted by molar-refractivity contribution is -0.143. The second-order valence-electron chi connectivity index (χ2n) is 16.0. The molecule has 0 spiro atoms. The molecule has 6 rings (SSSR count). The summed E-state index contributed by atoms with van der Waals surface area (Å²) in [4.78, 5) is 64.2. The molecule has 3 aromatic heterocycles. The van der Waals surface area contributed by atoms with E-state index in [1.807, 2.05) is 45.1 Å². The van der Waals surface area contributed by atoms with Crippen molar-refractivity contribution in [3.05, 3.63) is 96.5 Å². The van der Waals surface area contributed by atoms with Crippen LogP contribution in [0.25, 0.3) is 29.9 Å². The largest absolute Gasteiger partial charge is 0.468 e. The van der Waals surface area contributed by atoms with Crippen molar-refractivity contribution < 1.29 is 28.7 Å². The fourth-order valence-corrected chi connectivity index (χ4v) is 9.04. The Morgan fingerprint density at radius 3 is 2.39 bits per heavy atom. The van der Waals surface area contributed by atoms with Gasteiger partial charge in [-0.15, -0.1) is 0 Å². The fourth-order valence-electron chi connectivity index (χ4n) is 9.04. The molecule has 4 N–H and O–H groups in total. The lowest BCUT2D eigenvalue weighted by Crippen LogP contribution is -2.25. The molecule has 1 aliphatic carbocycles. The molecular weight excluding hydrogens is 717 g/mol. The Labute approximate surface area is 335 Å². The molecule has 302 valence electrons.